The molecule has 3 N–H and O–H groups in total. The SMILES string of the molecule is C[C@H](C=O)NC(=O)[C@@H](C)N. The third kappa shape index (κ3) is 3.19. The van der Waals surface area contributed by atoms with Crippen molar-refractivity contribution in [3.63, 3.8) is 0 Å². The van der Waals surface area contributed by atoms with Crippen molar-refractivity contribution in [2.24, 2.45) is 5.73 Å². The van der Waals surface area contributed by atoms with E-state index in [0.29, 0.717) is 6.29 Å². The highest BCUT2D eigenvalue weighted by Gasteiger charge is 2.08. The Morgan fingerprint density at radius 3 is 2.40 bits per heavy atom. The molecule has 0 heterocycles. The Bertz CT molecular complexity index is 134. The molecule has 0 saturated carbocycles. The van der Waals surface area contributed by atoms with Crippen molar-refractivity contribution < 1.29 is 9.59 Å². The lowest BCUT2D eigenvalue weighted by Gasteiger charge is -2.08. The molecule has 4 nitrogen and oxygen atoms in total. The average Bonchev–Trinajstić information content (AvgIpc) is 1.87. The second kappa shape index (κ2) is 4.00. The second-order valence-electron chi connectivity index (χ2n) is 2.22. The van der Waals surface area contributed by atoms with Gasteiger partial charge in [0, 0.05) is 0 Å². The van der Waals surface area contributed by atoms with Crippen LogP contribution in [0.4, 0.5) is 0 Å². The highest BCUT2D eigenvalue weighted by molar-refractivity contribution is 5.83. The van der Waals surface area contributed by atoms with Gasteiger partial charge in [0.05, 0.1) is 12.1 Å². The molecule has 0 fully saturated rings. The predicted octanol–water partition coefficient (Wildman–Crippen LogP) is -0.963. The zero-order valence-electron chi connectivity index (χ0n) is 6.13. The largest absolute Gasteiger partial charge is 0.346 e. The first-order valence-corrected chi connectivity index (χ1v) is 3.09. The topological polar surface area (TPSA) is 72.2 Å². The van der Waals surface area contributed by atoms with E-state index < -0.39 is 12.1 Å². The quantitative estimate of drug-likeness (QED) is 0.501. The minimum Gasteiger partial charge on any atom is -0.346 e. The first kappa shape index (κ1) is 9.10. The fraction of sp³-hybridized carbons (Fsp3) is 0.667. The molecular weight excluding hydrogens is 132 g/mol. The molecule has 1 amide bonds. The first-order valence-electron chi connectivity index (χ1n) is 3.09. The van der Waals surface area contributed by atoms with E-state index in [4.69, 9.17) is 5.73 Å². The zero-order chi connectivity index (χ0) is 8.15. The summed E-state index contributed by atoms with van der Waals surface area (Å²) in [5.74, 6) is -0.306. The average molecular weight is 144 g/mol. The highest BCUT2D eigenvalue weighted by atomic mass is 16.2. The van der Waals surface area contributed by atoms with Crippen LogP contribution in [0.2, 0.25) is 0 Å². The molecule has 0 aliphatic rings. The van der Waals surface area contributed by atoms with Crippen molar-refractivity contribution >= 4 is 12.2 Å². The fourth-order valence-electron chi connectivity index (χ4n) is 0.390. The molecule has 0 radical (unpaired) electrons. The summed E-state index contributed by atoms with van der Waals surface area (Å²) in [6.07, 6.45) is 0.653. The number of carbonyl (C=O) groups is 2. The Morgan fingerprint density at radius 1 is 1.60 bits per heavy atom. The standard InChI is InChI=1S/C6H12N2O2/c1-4(3-9)8-6(10)5(2)7/h3-5H,7H2,1-2H3,(H,8,10)/t4-,5-/m1/s1. The Labute approximate surface area is 59.8 Å². The molecule has 0 saturated heterocycles. The van der Waals surface area contributed by atoms with Crippen LogP contribution in [0, 0.1) is 0 Å². The van der Waals surface area contributed by atoms with E-state index in [0.717, 1.165) is 0 Å². The predicted molar refractivity (Wildman–Crippen MR) is 37.3 cm³/mol. The number of carbonyl (C=O) groups excluding carboxylic acids is 2. The van der Waals surface area contributed by atoms with Crippen molar-refractivity contribution in [2.45, 2.75) is 25.9 Å². The van der Waals surface area contributed by atoms with Crippen LogP contribution in [0.1, 0.15) is 13.8 Å². The molecule has 0 aromatic rings. The Balaban J connectivity index is 3.68. The fourth-order valence-corrected chi connectivity index (χ4v) is 0.390. The third-order valence-electron chi connectivity index (χ3n) is 0.988. The van der Waals surface area contributed by atoms with E-state index in [1.165, 1.54) is 0 Å². The molecule has 58 valence electrons. The Morgan fingerprint density at radius 2 is 2.10 bits per heavy atom. The van der Waals surface area contributed by atoms with Crippen molar-refractivity contribution in [3.05, 3.63) is 0 Å². The van der Waals surface area contributed by atoms with Crippen LogP contribution in [0.25, 0.3) is 0 Å². The molecule has 2 atom stereocenters. The monoisotopic (exact) mass is 144 g/mol. The van der Waals surface area contributed by atoms with Crippen molar-refractivity contribution in [2.75, 3.05) is 0 Å². The van der Waals surface area contributed by atoms with Gasteiger partial charge >= 0.3 is 0 Å². The first-order chi connectivity index (χ1) is 4.57. The lowest BCUT2D eigenvalue weighted by molar-refractivity contribution is -0.124. The number of nitrogens with two attached hydrogens (primary N) is 1. The van der Waals surface area contributed by atoms with Crippen molar-refractivity contribution in [1.29, 1.82) is 0 Å². The van der Waals surface area contributed by atoms with Crippen LogP contribution in [0.15, 0.2) is 0 Å². The van der Waals surface area contributed by atoms with Gasteiger partial charge in [-0.25, -0.2) is 0 Å². The van der Waals surface area contributed by atoms with Gasteiger partial charge in [0.15, 0.2) is 0 Å². The van der Waals surface area contributed by atoms with Crippen molar-refractivity contribution in [3.8, 4) is 0 Å². The van der Waals surface area contributed by atoms with Crippen LogP contribution in [-0.4, -0.2) is 24.3 Å². The van der Waals surface area contributed by atoms with Gasteiger partial charge in [-0.05, 0) is 13.8 Å². The molecule has 0 unspecified atom stereocenters. The zero-order valence-corrected chi connectivity index (χ0v) is 6.13. The van der Waals surface area contributed by atoms with E-state index in [1.54, 1.807) is 13.8 Å². The van der Waals surface area contributed by atoms with Crippen LogP contribution >= 0.6 is 0 Å². The molecule has 4 heteroatoms. The lowest BCUT2D eigenvalue weighted by atomic mass is 10.3. The smallest absolute Gasteiger partial charge is 0.237 e. The van der Waals surface area contributed by atoms with E-state index in [2.05, 4.69) is 5.32 Å². The van der Waals surface area contributed by atoms with Crippen molar-refractivity contribution in [1.82, 2.24) is 5.32 Å². The summed E-state index contributed by atoms with van der Waals surface area (Å²) >= 11 is 0. The number of aldehydes is 1. The van der Waals surface area contributed by atoms with Crippen LogP contribution < -0.4 is 11.1 Å². The van der Waals surface area contributed by atoms with Crippen LogP contribution in [-0.2, 0) is 9.59 Å². The summed E-state index contributed by atoms with van der Waals surface area (Å²) in [6, 6.07) is -0.999. The van der Waals surface area contributed by atoms with Gasteiger partial charge in [-0.15, -0.1) is 0 Å². The molecule has 0 aromatic carbocycles. The lowest BCUT2D eigenvalue weighted by Crippen LogP contribution is -2.43. The molecule has 10 heavy (non-hydrogen) atoms. The summed E-state index contributed by atoms with van der Waals surface area (Å²) in [7, 11) is 0. The summed E-state index contributed by atoms with van der Waals surface area (Å²) in [5.41, 5.74) is 5.21. The highest BCUT2D eigenvalue weighted by Crippen LogP contribution is 1.78. The number of nitrogens with one attached hydrogen (secondary N) is 1. The third-order valence-corrected chi connectivity index (χ3v) is 0.988. The summed E-state index contributed by atoms with van der Waals surface area (Å²) < 4.78 is 0. The van der Waals surface area contributed by atoms with Gasteiger partial charge in [0.2, 0.25) is 5.91 Å². The molecule has 0 spiro atoms. The van der Waals surface area contributed by atoms with Gasteiger partial charge in [0.25, 0.3) is 0 Å². The Kier molecular flexibility index (Phi) is 3.64. The maximum atomic E-state index is 10.7. The van der Waals surface area contributed by atoms with E-state index in [1.807, 2.05) is 0 Å². The minimum atomic E-state index is -0.553. The van der Waals surface area contributed by atoms with Crippen LogP contribution in [0.3, 0.4) is 0 Å². The summed E-state index contributed by atoms with van der Waals surface area (Å²) in [4.78, 5) is 20.7. The number of amides is 1. The van der Waals surface area contributed by atoms with Gasteiger partial charge in [-0.1, -0.05) is 0 Å². The summed E-state index contributed by atoms with van der Waals surface area (Å²) in [5, 5.41) is 2.40. The molecule has 0 bridgehead atoms. The number of hydrogen-bond donors (Lipinski definition) is 2. The normalized spacial score (nSPS) is 15.5. The van der Waals surface area contributed by atoms with Gasteiger partial charge in [-0.2, -0.15) is 0 Å². The number of rotatable bonds is 3. The van der Waals surface area contributed by atoms with Gasteiger partial charge in [-0.3, -0.25) is 4.79 Å². The Hall–Kier alpha value is -0.900. The molecular formula is C6H12N2O2. The maximum absolute atomic E-state index is 10.7. The molecule has 0 aromatic heterocycles. The molecule has 0 rings (SSSR count). The molecule has 0 aliphatic carbocycles. The van der Waals surface area contributed by atoms with E-state index >= 15 is 0 Å². The van der Waals surface area contributed by atoms with E-state index in [-0.39, 0.29) is 5.91 Å². The van der Waals surface area contributed by atoms with Gasteiger partial charge in [0.1, 0.15) is 6.29 Å². The van der Waals surface area contributed by atoms with Crippen LogP contribution in [0.5, 0.6) is 0 Å². The molecule has 0 aliphatic heterocycles. The maximum Gasteiger partial charge on any atom is 0.237 e. The van der Waals surface area contributed by atoms with Gasteiger partial charge < -0.3 is 15.8 Å². The van der Waals surface area contributed by atoms with E-state index in [9.17, 15) is 9.59 Å². The number of hydrogen-bond acceptors (Lipinski definition) is 3. The summed E-state index contributed by atoms with van der Waals surface area (Å²) in [6.45, 7) is 3.15. The second-order valence-corrected chi connectivity index (χ2v) is 2.22. The minimum absolute atomic E-state index is 0.306.